The molecule has 10 heteroatoms. The lowest BCUT2D eigenvalue weighted by atomic mass is 9.99. The van der Waals surface area contributed by atoms with Crippen LogP contribution in [0, 0.1) is 0 Å². The molecule has 0 aliphatic heterocycles. The minimum Gasteiger partial charge on any atom is -0.480 e. The van der Waals surface area contributed by atoms with Crippen molar-refractivity contribution >= 4 is 23.9 Å². The molecule has 0 bridgehead atoms. The lowest BCUT2D eigenvalue weighted by molar-refractivity contribution is -0.143. The summed E-state index contributed by atoms with van der Waals surface area (Å²) in [4.78, 5) is 51.0. The van der Waals surface area contributed by atoms with Crippen LogP contribution in [0.5, 0.6) is 0 Å². The number of benzene rings is 2. The van der Waals surface area contributed by atoms with E-state index < -0.39 is 59.7 Å². The molecular formula is C29H38FN3O6. The Morgan fingerprint density at radius 2 is 1.15 bits per heavy atom. The summed E-state index contributed by atoms with van der Waals surface area (Å²) in [5, 5.41) is 17.1. The van der Waals surface area contributed by atoms with Gasteiger partial charge < -0.3 is 25.8 Å². The number of rotatable bonds is 12. The van der Waals surface area contributed by atoms with Gasteiger partial charge in [-0.3, -0.25) is 9.59 Å². The Kier molecular flexibility index (Phi) is 11.0. The molecule has 2 aromatic carbocycles. The van der Waals surface area contributed by atoms with E-state index in [1.165, 1.54) is 13.8 Å². The van der Waals surface area contributed by atoms with E-state index in [0.717, 1.165) is 5.56 Å². The van der Waals surface area contributed by atoms with E-state index in [2.05, 4.69) is 16.0 Å². The second kappa shape index (κ2) is 13.7. The first kappa shape index (κ1) is 31.3. The molecule has 0 aliphatic rings. The number of carbonyl (C=O) groups is 4. The van der Waals surface area contributed by atoms with Crippen LogP contribution in [0.3, 0.4) is 0 Å². The summed E-state index contributed by atoms with van der Waals surface area (Å²) in [5.41, 5.74) is -1.19. The number of alkyl carbamates (subject to hydrolysis) is 1. The number of alkyl halides is 1. The van der Waals surface area contributed by atoms with Gasteiger partial charge >= 0.3 is 12.1 Å². The van der Waals surface area contributed by atoms with E-state index in [4.69, 9.17) is 4.74 Å². The van der Waals surface area contributed by atoms with Gasteiger partial charge in [0.15, 0.2) is 0 Å². The molecule has 0 fully saturated rings. The van der Waals surface area contributed by atoms with Crippen LogP contribution in [0.2, 0.25) is 0 Å². The molecule has 1 unspecified atom stereocenters. The van der Waals surface area contributed by atoms with Crippen molar-refractivity contribution in [1.29, 1.82) is 0 Å². The maximum absolute atomic E-state index is 14.2. The number of hydrogen-bond acceptors (Lipinski definition) is 5. The third kappa shape index (κ3) is 12.0. The van der Waals surface area contributed by atoms with E-state index in [1.54, 1.807) is 75.4 Å². The quantitative estimate of drug-likeness (QED) is 0.324. The fourth-order valence-electron chi connectivity index (χ4n) is 3.80. The SMILES string of the molecule is CC(C)(F)CC(NC(=O)[C@@H](Cc1ccccc1)NC(=O)[C@@H](Cc1ccccc1)NC(=O)OC(C)(C)C)C(=O)O. The number of nitrogens with one attached hydrogen (secondary N) is 3. The van der Waals surface area contributed by atoms with Crippen molar-refractivity contribution in [3.05, 3.63) is 71.8 Å². The maximum Gasteiger partial charge on any atom is 0.408 e. The van der Waals surface area contributed by atoms with E-state index in [0.29, 0.717) is 5.56 Å². The number of hydrogen-bond donors (Lipinski definition) is 4. The van der Waals surface area contributed by atoms with Gasteiger partial charge in [-0.05, 0) is 45.7 Å². The number of ether oxygens (including phenoxy) is 1. The summed E-state index contributed by atoms with van der Waals surface area (Å²) in [5.74, 6) is -2.86. The van der Waals surface area contributed by atoms with Crippen molar-refractivity contribution in [3.8, 4) is 0 Å². The topological polar surface area (TPSA) is 134 Å². The molecule has 3 atom stereocenters. The molecule has 0 saturated heterocycles. The number of carbonyl (C=O) groups excluding carboxylic acids is 3. The van der Waals surface area contributed by atoms with Gasteiger partial charge in [0.05, 0.1) is 0 Å². The van der Waals surface area contributed by atoms with Crippen molar-refractivity contribution in [2.24, 2.45) is 0 Å². The molecule has 2 rings (SSSR count). The highest BCUT2D eigenvalue weighted by molar-refractivity contribution is 5.93. The molecule has 3 amide bonds. The minimum atomic E-state index is -1.85. The Morgan fingerprint density at radius 1 is 0.744 bits per heavy atom. The summed E-state index contributed by atoms with van der Waals surface area (Å²) < 4.78 is 19.5. The second-order valence-electron chi connectivity index (χ2n) is 11.0. The molecule has 4 N–H and O–H groups in total. The molecule has 0 heterocycles. The zero-order valence-electron chi connectivity index (χ0n) is 23.0. The average Bonchev–Trinajstić information content (AvgIpc) is 2.82. The number of halogens is 1. The highest BCUT2D eigenvalue weighted by Crippen LogP contribution is 2.17. The van der Waals surface area contributed by atoms with E-state index in [-0.39, 0.29) is 12.8 Å². The zero-order valence-corrected chi connectivity index (χ0v) is 23.0. The van der Waals surface area contributed by atoms with Crippen LogP contribution in [0.15, 0.2) is 60.7 Å². The third-order valence-corrected chi connectivity index (χ3v) is 5.51. The molecule has 0 aromatic heterocycles. The smallest absolute Gasteiger partial charge is 0.408 e. The normalized spacial score (nSPS) is 13.9. The first-order chi connectivity index (χ1) is 18.1. The monoisotopic (exact) mass is 543 g/mol. The first-order valence-corrected chi connectivity index (χ1v) is 12.7. The van der Waals surface area contributed by atoms with Gasteiger partial charge in [-0.15, -0.1) is 0 Å². The standard InChI is InChI=1S/C29H38FN3O6/c1-28(2,3)39-27(38)33-22(17-20-14-10-7-11-15-20)25(35)31-21(16-19-12-8-6-9-13-19)24(34)32-23(26(36)37)18-29(4,5)30/h6-15,21-23H,16-18H2,1-5H3,(H,31,35)(H,32,34)(H,33,38)(H,36,37)/t21-,22-,23?/m1/s1. The van der Waals surface area contributed by atoms with E-state index in [1.807, 2.05) is 6.07 Å². The highest BCUT2D eigenvalue weighted by Gasteiger charge is 2.33. The van der Waals surface area contributed by atoms with Crippen molar-refractivity contribution in [3.63, 3.8) is 0 Å². The van der Waals surface area contributed by atoms with Gasteiger partial charge in [0.1, 0.15) is 29.4 Å². The summed E-state index contributed by atoms with van der Waals surface area (Å²) in [7, 11) is 0. The Labute approximate surface area is 228 Å². The second-order valence-corrected chi connectivity index (χ2v) is 11.0. The van der Waals surface area contributed by atoms with Gasteiger partial charge in [0, 0.05) is 19.3 Å². The van der Waals surface area contributed by atoms with Crippen molar-refractivity contribution in [1.82, 2.24) is 16.0 Å². The Hall–Kier alpha value is -3.95. The molecule has 0 aliphatic carbocycles. The fourth-order valence-corrected chi connectivity index (χ4v) is 3.80. The van der Waals surface area contributed by atoms with Crippen LogP contribution in [0.4, 0.5) is 9.18 Å². The molecule has 0 radical (unpaired) electrons. The number of carboxylic acid groups (broad SMARTS) is 1. The van der Waals surface area contributed by atoms with Crippen molar-refractivity contribution in [2.75, 3.05) is 0 Å². The molecule has 2 aromatic rings. The molecular weight excluding hydrogens is 505 g/mol. The van der Waals surface area contributed by atoms with E-state index >= 15 is 0 Å². The van der Waals surface area contributed by atoms with Crippen LogP contribution >= 0.6 is 0 Å². The summed E-state index contributed by atoms with van der Waals surface area (Å²) in [6.45, 7) is 7.51. The summed E-state index contributed by atoms with van der Waals surface area (Å²) in [6, 6.07) is 14.0. The van der Waals surface area contributed by atoms with Gasteiger partial charge in [0.25, 0.3) is 0 Å². The van der Waals surface area contributed by atoms with Crippen LogP contribution < -0.4 is 16.0 Å². The number of aliphatic carboxylic acids is 1. The molecule has 212 valence electrons. The molecule has 9 nitrogen and oxygen atoms in total. The number of amides is 3. The first-order valence-electron chi connectivity index (χ1n) is 12.7. The van der Waals surface area contributed by atoms with Crippen LogP contribution in [0.25, 0.3) is 0 Å². The zero-order chi connectivity index (χ0) is 29.2. The van der Waals surface area contributed by atoms with Crippen LogP contribution in [0.1, 0.15) is 52.2 Å². The minimum absolute atomic E-state index is 0.0360. The Morgan fingerprint density at radius 3 is 1.54 bits per heavy atom. The average molecular weight is 544 g/mol. The van der Waals surface area contributed by atoms with Gasteiger partial charge in [0.2, 0.25) is 11.8 Å². The van der Waals surface area contributed by atoms with Gasteiger partial charge in [-0.1, -0.05) is 60.7 Å². The summed E-state index contributed by atoms with van der Waals surface area (Å²) >= 11 is 0. The van der Waals surface area contributed by atoms with Crippen LogP contribution in [-0.2, 0) is 32.0 Å². The van der Waals surface area contributed by atoms with Crippen molar-refractivity contribution < 1.29 is 33.4 Å². The predicted molar refractivity (Wildman–Crippen MR) is 145 cm³/mol. The van der Waals surface area contributed by atoms with Crippen molar-refractivity contribution in [2.45, 2.75) is 83.3 Å². The lowest BCUT2D eigenvalue weighted by Crippen LogP contribution is -2.57. The Bertz CT molecular complexity index is 1110. The lowest BCUT2D eigenvalue weighted by Gasteiger charge is -2.27. The Balaban J connectivity index is 2.31. The number of carboxylic acids is 1. The predicted octanol–water partition coefficient (Wildman–Crippen LogP) is 3.56. The molecule has 0 saturated carbocycles. The van der Waals surface area contributed by atoms with Gasteiger partial charge in [-0.2, -0.15) is 0 Å². The summed E-state index contributed by atoms with van der Waals surface area (Å²) in [6.07, 6.45) is -1.12. The maximum atomic E-state index is 14.2. The molecule has 39 heavy (non-hydrogen) atoms. The highest BCUT2D eigenvalue weighted by atomic mass is 19.1. The fraction of sp³-hybridized carbons (Fsp3) is 0.448. The van der Waals surface area contributed by atoms with E-state index in [9.17, 15) is 28.7 Å². The largest absolute Gasteiger partial charge is 0.480 e. The third-order valence-electron chi connectivity index (χ3n) is 5.51. The van der Waals surface area contributed by atoms with Crippen LogP contribution in [-0.4, -0.2) is 58.4 Å². The molecule has 0 spiro atoms. The van der Waals surface area contributed by atoms with Gasteiger partial charge in [-0.25, -0.2) is 14.0 Å².